The average molecular weight is 220 g/mol. The molecule has 5 heteroatoms. The lowest BCUT2D eigenvalue weighted by Crippen LogP contribution is -1.90. The molecule has 1 aromatic heterocycles. The summed E-state index contributed by atoms with van der Waals surface area (Å²) in [4.78, 5) is 0. The zero-order valence-corrected chi connectivity index (χ0v) is 9.35. The molecule has 16 heavy (non-hydrogen) atoms. The van der Waals surface area contributed by atoms with E-state index in [-0.39, 0.29) is 0 Å². The van der Waals surface area contributed by atoms with Gasteiger partial charge in [-0.25, -0.2) is 0 Å². The van der Waals surface area contributed by atoms with Crippen LogP contribution in [0.1, 0.15) is 5.89 Å². The van der Waals surface area contributed by atoms with Crippen molar-refractivity contribution >= 4 is 0 Å². The summed E-state index contributed by atoms with van der Waals surface area (Å²) in [5, 5.41) is 7.71. The molecule has 0 unspecified atom stereocenters. The number of methoxy groups -OCH3 is 2. The van der Waals surface area contributed by atoms with Gasteiger partial charge in [-0.15, -0.1) is 10.2 Å². The normalized spacial score (nSPS) is 10.2. The van der Waals surface area contributed by atoms with Crippen LogP contribution in [0.5, 0.6) is 11.5 Å². The maximum atomic E-state index is 5.32. The minimum atomic E-state index is 0.471. The van der Waals surface area contributed by atoms with E-state index in [0.29, 0.717) is 23.3 Å². The fourth-order valence-corrected chi connectivity index (χ4v) is 1.38. The van der Waals surface area contributed by atoms with Crippen LogP contribution >= 0.6 is 0 Å². The van der Waals surface area contributed by atoms with Crippen molar-refractivity contribution in [3.05, 3.63) is 24.1 Å². The molecule has 0 N–H and O–H groups in total. The Balaban J connectivity index is 2.43. The largest absolute Gasteiger partial charge is 0.493 e. The first-order valence-electron chi connectivity index (χ1n) is 4.77. The highest BCUT2D eigenvalue weighted by Crippen LogP contribution is 2.31. The summed E-state index contributed by atoms with van der Waals surface area (Å²) in [6.07, 6.45) is 0. The zero-order chi connectivity index (χ0) is 11.5. The molecule has 0 atom stereocenters. The van der Waals surface area contributed by atoms with Crippen LogP contribution in [0, 0.1) is 6.92 Å². The molecular weight excluding hydrogens is 208 g/mol. The quantitative estimate of drug-likeness (QED) is 0.792. The fourth-order valence-electron chi connectivity index (χ4n) is 1.38. The first-order chi connectivity index (χ1) is 7.74. The van der Waals surface area contributed by atoms with Crippen molar-refractivity contribution in [3.63, 3.8) is 0 Å². The van der Waals surface area contributed by atoms with Gasteiger partial charge in [-0.1, -0.05) is 0 Å². The Morgan fingerprint density at radius 2 is 1.81 bits per heavy atom. The van der Waals surface area contributed by atoms with Crippen LogP contribution in [0.4, 0.5) is 0 Å². The van der Waals surface area contributed by atoms with Crippen molar-refractivity contribution in [2.45, 2.75) is 6.92 Å². The Hall–Kier alpha value is -2.04. The highest BCUT2D eigenvalue weighted by atomic mass is 16.5. The number of hydrogen-bond donors (Lipinski definition) is 0. The predicted octanol–water partition coefficient (Wildman–Crippen LogP) is 2.06. The van der Waals surface area contributed by atoms with Gasteiger partial charge in [-0.2, -0.15) is 0 Å². The summed E-state index contributed by atoms with van der Waals surface area (Å²) in [6, 6.07) is 5.44. The third-order valence-corrected chi connectivity index (χ3v) is 2.16. The maximum Gasteiger partial charge on any atom is 0.247 e. The van der Waals surface area contributed by atoms with Gasteiger partial charge < -0.3 is 13.9 Å². The molecule has 0 spiro atoms. The lowest BCUT2D eigenvalue weighted by atomic mass is 10.2. The molecule has 1 heterocycles. The van der Waals surface area contributed by atoms with Gasteiger partial charge >= 0.3 is 0 Å². The van der Waals surface area contributed by atoms with Gasteiger partial charge in [0.1, 0.15) is 0 Å². The van der Waals surface area contributed by atoms with Crippen molar-refractivity contribution in [1.29, 1.82) is 0 Å². The second kappa shape index (κ2) is 4.22. The molecule has 0 saturated heterocycles. The summed E-state index contributed by atoms with van der Waals surface area (Å²) >= 11 is 0. The van der Waals surface area contributed by atoms with Crippen molar-refractivity contribution in [1.82, 2.24) is 10.2 Å². The molecule has 0 amide bonds. The zero-order valence-electron chi connectivity index (χ0n) is 9.35. The van der Waals surface area contributed by atoms with Crippen molar-refractivity contribution < 1.29 is 13.9 Å². The summed E-state index contributed by atoms with van der Waals surface area (Å²) in [6.45, 7) is 1.75. The van der Waals surface area contributed by atoms with Crippen LogP contribution in [-0.4, -0.2) is 24.4 Å². The van der Waals surface area contributed by atoms with E-state index in [9.17, 15) is 0 Å². The molecule has 0 aliphatic heterocycles. The molecule has 2 rings (SSSR count). The van der Waals surface area contributed by atoms with Crippen LogP contribution in [0.2, 0.25) is 0 Å². The fraction of sp³-hybridized carbons (Fsp3) is 0.273. The Kier molecular flexibility index (Phi) is 2.76. The number of aromatic nitrogens is 2. The predicted molar refractivity (Wildman–Crippen MR) is 57.6 cm³/mol. The third kappa shape index (κ3) is 1.84. The van der Waals surface area contributed by atoms with E-state index < -0.39 is 0 Å². The first-order valence-corrected chi connectivity index (χ1v) is 4.77. The molecule has 2 aromatic rings. The number of rotatable bonds is 3. The molecule has 0 aliphatic rings. The van der Waals surface area contributed by atoms with Gasteiger partial charge in [0.05, 0.1) is 14.2 Å². The van der Waals surface area contributed by atoms with E-state index in [4.69, 9.17) is 13.9 Å². The van der Waals surface area contributed by atoms with Gasteiger partial charge in [-0.05, 0) is 18.2 Å². The lowest BCUT2D eigenvalue weighted by molar-refractivity contribution is 0.355. The van der Waals surface area contributed by atoms with Crippen LogP contribution in [0.15, 0.2) is 22.6 Å². The third-order valence-electron chi connectivity index (χ3n) is 2.16. The van der Waals surface area contributed by atoms with E-state index in [0.717, 1.165) is 5.56 Å². The van der Waals surface area contributed by atoms with Gasteiger partial charge in [0.15, 0.2) is 11.5 Å². The van der Waals surface area contributed by atoms with Crippen molar-refractivity contribution in [2.75, 3.05) is 14.2 Å². The van der Waals surface area contributed by atoms with Gasteiger partial charge in [0.25, 0.3) is 0 Å². The van der Waals surface area contributed by atoms with Gasteiger partial charge in [-0.3, -0.25) is 0 Å². The second-order valence-electron chi connectivity index (χ2n) is 3.20. The van der Waals surface area contributed by atoms with Crippen molar-refractivity contribution in [2.24, 2.45) is 0 Å². The summed E-state index contributed by atoms with van der Waals surface area (Å²) in [7, 11) is 3.18. The van der Waals surface area contributed by atoms with Crippen LogP contribution in [0.3, 0.4) is 0 Å². The number of aryl methyl sites for hydroxylation is 1. The minimum absolute atomic E-state index is 0.471. The number of nitrogens with zero attached hydrogens (tertiary/aromatic N) is 2. The average Bonchev–Trinajstić information content (AvgIpc) is 2.75. The molecule has 0 aliphatic carbocycles. The summed E-state index contributed by atoms with van der Waals surface area (Å²) < 4.78 is 15.7. The monoisotopic (exact) mass is 220 g/mol. The number of benzene rings is 1. The van der Waals surface area contributed by atoms with Crippen LogP contribution in [0.25, 0.3) is 11.5 Å². The Morgan fingerprint density at radius 3 is 2.38 bits per heavy atom. The Labute approximate surface area is 93.0 Å². The van der Waals surface area contributed by atoms with Gasteiger partial charge in [0.2, 0.25) is 11.8 Å². The molecular formula is C11H12N2O3. The second-order valence-corrected chi connectivity index (χ2v) is 3.20. The maximum absolute atomic E-state index is 5.32. The topological polar surface area (TPSA) is 57.4 Å². The lowest BCUT2D eigenvalue weighted by Gasteiger charge is -2.07. The molecule has 84 valence electrons. The number of hydrogen-bond acceptors (Lipinski definition) is 5. The summed E-state index contributed by atoms with van der Waals surface area (Å²) in [5.74, 6) is 2.31. The van der Waals surface area contributed by atoms with E-state index in [1.165, 1.54) is 0 Å². The smallest absolute Gasteiger partial charge is 0.247 e. The standard InChI is InChI=1S/C11H12N2O3/c1-7-12-13-11(16-7)8-4-5-9(14-2)10(6-8)15-3/h4-6H,1-3H3. The SMILES string of the molecule is COc1ccc(-c2nnc(C)o2)cc1OC. The van der Waals surface area contributed by atoms with Gasteiger partial charge in [0, 0.05) is 12.5 Å². The highest BCUT2D eigenvalue weighted by molar-refractivity contribution is 5.59. The van der Waals surface area contributed by atoms with E-state index in [1.54, 1.807) is 33.3 Å². The Morgan fingerprint density at radius 1 is 1.06 bits per heavy atom. The molecule has 1 aromatic carbocycles. The first kappa shape index (κ1) is 10.5. The van der Waals surface area contributed by atoms with E-state index >= 15 is 0 Å². The molecule has 5 nitrogen and oxygen atoms in total. The molecule has 0 bridgehead atoms. The molecule has 0 saturated carbocycles. The van der Waals surface area contributed by atoms with E-state index in [1.807, 2.05) is 6.07 Å². The van der Waals surface area contributed by atoms with Crippen molar-refractivity contribution in [3.8, 4) is 23.0 Å². The summed E-state index contributed by atoms with van der Waals surface area (Å²) in [5.41, 5.74) is 0.804. The van der Waals surface area contributed by atoms with Crippen LogP contribution < -0.4 is 9.47 Å². The van der Waals surface area contributed by atoms with Crippen LogP contribution in [-0.2, 0) is 0 Å². The molecule has 0 fully saturated rings. The Bertz CT molecular complexity index is 494. The van der Waals surface area contributed by atoms with E-state index in [2.05, 4.69) is 10.2 Å². The molecule has 0 radical (unpaired) electrons. The minimum Gasteiger partial charge on any atom is -0.493 e. The number of ether oxygens (including phenoxy) is 2. The highest BCUT2D eigenvalue weighted by Gasteiger charge is 2.10.